The summed E-state index contributed by atoms with van der Waals surface area (Å²) in [6.45, 7) is 0.506. The number of anilines is 1. The number of rotatable bonds is 3. The second-order valence-electron chi connectivity index (χ2n) is 4.98. The van der Waals surface area contributed by atoms with Gasteiger partial charge in [0.2, 0.25) is 10.0 Å². The van der Waals surface area contributed by atoms with Crippen molar-refractivity contribution in [2.24, 2.45) is 0 Å². The number of pyridine rings is 2. The predicted molar refractivity (Wildman–Crippen MR) is 78.8 cm³/mol. The van der Waals surface area contributed by atoms with Gasteiger partial charge < -0.3 is 5.73 Å². The Morgan fingerprint density at radius 3 is 2.76 bits per heavy atom. The Labute approximate surface area is 123 Å². The molecule has 1 aliphatic rings. The van der Waals surface area contributed by atoms with E-state index in [-0.39, 0.29) is 10.9 Å². The normalized spacial score (nSPS) is 19.7. The van der Waals surface area contributed by atoms with E-state index >= 15 is 0 Å². The molecule has 3 heterocycles. The van der Waals surface area contributed by atoms with Gasteiger partial charge in [0.1, 0.15) is 10.7 Å². The lowest BCUT2D eigenvalue weighted by Gasteiger charge is -2.24. The molecule has 0 aromatic carbocycles. The van der Waals surface area contributed by atoms with Crippen LogP contribution in [0.2, 0.25) is 0 Å². The van der Waals surface area contributed by atoms with Gasteiger partial charge in [-0.2, -0.15) is 4.31 Å². The molecule has 3 rings (SSSR count). The molecule has 0 spiro atoms. The van der Waals surface area contributed by atoms with Gasteiger partial charge in [-0.3, -0.25) is 4.98 Å². The molecule has 0 bridgehead atoms. The van der Waals surface area contributed by atoms with Gasteiger partial charge in [0.25, 0.3) is 0 Å². The zero-order valence-electron chi connectivity index (χ0n) is 11.4. The quantitative estimate of drug-likeness (QED) is 0.930. The highest BCUT2D eigenvalue weighted by atomic mass is 32.2. The van der Waals surface area contributed by atoms with Crippen LogP contribution in [0.5, 0.6) is 0 Å². The van der Waals surface area contributed by atoms with Gasteiger partial charge in [0.15, 0.2) is 0 Å². The molecular formula is C14H16N4O2S. The van der Waals surface area contributed by atoms with Gasteiger partial charge in [0, 0.05) is 25.1 Å². The Bertz CT molecular complexity index is 716. The summed E-state index contributed by atoms with van der Waals surface area (Å²) >= 11 is 0. The maximum absolute atomic E-state index is 12.8. The Hall–Kier alpha value is -1.99. The summed E-state index contributed by atoms with van der Waals surface area (Å²) in [5, 5.41) is 0. The standard InChI is InChI=1S/C14H16N4O2S/c15-14-6-5-12(10-17-14)21(19,20)18-8-2-4-13(18)11-3-1-7-16-9-11/h1,3,5-7,9-10,13H,2,4,8H2,(H2,15,17). The Morgan fingerprint density at radius 2 is 2.10 bits per heavy atom. The second kappa shape index (κ2) is 5.42. The summed E-state index contributed by atoms with van der Waals surface area (Å²) < 4.78 is 27.0. The number of nitrogen functional groups attached to an aromatic ring is 1. The van der Waals surface area contributed by atoms with Crippen LogP contribution < -0.4 is 5.73 Å². The predicted octanol–water partition coefficient (Wildman–Crippen LogP) is 1.58. The molecule has 1 unspecified atom stereocenters. The fourth-order valence-corrected chi connectivity index (χ4v) is 4.24. The summed E-state index contributed by atoms with van der Waals surface area (Å²) in [6.07, 6.45) is 6.35. The van der Waals surface area contributed by atoms with Crippen molar-refractivity contribution in [3.63, 3.8) is 0 Å². The summed E-state index contributed by atoms with van der Waals surface area (Å²) in [4.78, 5) is 8.13. The van der Waals surface area contributed by atoms with Crippen LogP contribution >= 0.6 is 0 Å². The minimum absolute atomic E-state index is 0.166. The van der Waals surface area contributed by atoms with Crippen LogP contribution in [0.25, 0.3) is 0 Å². The van der Waals surface area contributed by atoms with Crippen molar-refractivity contribution in [2.75, 3.05) is 12.3 Å². The van der Waals surface area contributed by atoms with Crippen molar-refractivity contribution in [3.05, 3.63) is 48.4 Å². The SMILES string of the molecule is Nc1ccc(S(=O)(=O)N2CCCC2c2cccnc2)cn1. The fourth-order valence-electron chi connectivity index (χ4n) is 2.61. The highest BCUT2D eigenvalue weighted by Crippen LogP contribution is 2.35. The first-order chi connectivity index (χ1) is 10.1. The highest BCUT2D eigenvalue weighted by molar-refractivity contribution is 7.89. The Kier molecular flexibility index (Phi) is 3.60. The molecular weight excluding hydrogens is 288 g/mol. The van der Waals surface area contributed by atoms with Crippen molar-refractivity contribution in [2.45, 2.75) is 23.8 Å². The largest absolute Gasteiger partial charge is 0.384 e. The molecule has 110 valence electrons. The van der Waals surface area contributed by atoms with E-state index in [1.807, 2.05) is 12.1 Å². The van der Waals surface area contributed by atoms with Crippen LogP contribution in [-0.2, 0) is 10.0 Å². The van der Waals surface area contributed by atoms with Crippen molar-refractivity contribution >= 4 is 15.8 Å². The third kappa shape index (κ3) is 2.62. The molecule has 2 aromatic rings. The minimum Gasteiger partial charge on any atom is -0.384 e. The van der Waals surface area contributed by atoms with E-state index in [4.69, 9.17) is 5.73 Å². The molecule has 1 fully saturated rings. The van der Waals surface area contributed by atoms with Crippen LogP contribution in [0.3, 0.4) is 0 Å². The summed E-state index contributed by atoms with van der Waals surface area (Å²) in [6, 6.07) is 6.56. The van der Waals surface area contributed by atoms with Crippen LogP contribution in [0, 0.1) is 0 Å². The zero-order valence-corrected chi connectivity index (χ0v) is 12.2. The lowest BCUT2D eigenvalue weighted by atomic mass is 10.1. The number of nitrogens with zero attached hydrogens (tertiary/aromatic N) is 3. The van der Waals surface area contributed by atoms with Gasteiger partial charge in [-0.05, 0) is 36.6 Å². The Balaban J connectivity index is 1.96. The first-order valence-corrected chi connectivity index (χ1v) is 8.16. The summed E-state index contributed by atoms with van der Waals surface area (Å²) in [7, 11) is -3.57. The molecule has 2 aromatic heterocycles. The zero-order chi connectivity index (χ0) is 14.9. The third-order valence-corrected chi connectivity index (χ3v) is 5.53. The molecule has 2 N–H and O–H groups in total. The van der Waals surface area contributed by atoms with E-state index in [0.717, 1.165) is 18.4 Å². The Morgan fingerprint density at radius 1 is 1.24 bits per heavy atom. The highest BCUT2D eigenvalue weighted by Gasteiger charge is 2.36. The maximum atomic E-state index is 12.8. The molecule has 1 atom stereocenters. The van der Waals surface area contributed by atoms with Gasteiger partial charge >= 0.3 is 0 Å². The molecule has 0 amide bonds. The van der Waals surface area contributed by atoms with E-state index < -0.39 is 10.0 Å². The van der Waals surface area contributed by atoms with E-state index in [0.29, 0.717) is 12.4 Å². The first-order valence-electron chi connectivity index (χ1n) is 6.72. The van der Waals surface area contributed by atoms with Crippen LogP contribution in [-0.4, -0.2) is 29.2 Å². The smallest absolute Gasteiger partial charge is 0.245 e. The van der Waals surface area contributed by atoms with Crippen LogP contribution in [0.4, 0.5) is 5.82 Å². The number of aromatic nitrogens is 2. The van der Waals surface area contributed by atoms with Crippen molar-refractivity contribution < 1.29 is 8.42 Å². The van der Waals surface area contributed by atoms with Crippen molar-refractivity contribution in [3.8, 4) is 0 Å². The van der Waals surface area contributed by atoms with E-state index in [9.17, 15) is 8.42 Å². The average molecular weight is 304 g/mol. The summed E-state index contributed by atoms with van der Waals surface area (Å²) in [5.74, 6) is 0.305. The number of hydrogen-bond acceptors (Lipinski definition) is 5. The van der Waals surface area contributed by atoms with Crippen molar-refractivity contribution in [1.82, 2.24) is 14.3 Å². The van der Waals surface area contributed by atoms with Crippen LogP contribution in [0.15, 0.2) is 47.8 Å². The third-order valence-electron chi connectivity index (χ3n) is 3.64. The van der Waals surface area contributed by atoms with E-state index in [1.54, 1.807) is 12.4 Å². The monoisotopic (exact) mass is 304 g/mol. The van der Waals surface area contributed by atoms with Gasteiger partial charge in [-0.25, -0.2) is 13.4 Å². The molecule has 0 saturated carbocycles. The molecule has 1 aliphatic heterocycles. The lowest BCUT2D eigenvalue weighted by molar-refractivity contribution is 0.396. The minimum atomic E-state index is -3.57. The maximum Gasteiger partial charge on any atom is 0.245 e. The molecule has 21 heavy (non-hydrogen) atoms. The number of hydrogen-bond donors (Lipinski definition) is 1. The molecule has 6 nitrogen and oxygen atoms in total. The van der Waals surface area contributed by atoms with E-state index in [2.05, 4.69) is 9.97 Å². The molecule has 1 saturated heterocycles. The number of nitrogens with two attached hydrogens (primary N) is 1. The van der Waals surface area contributed by atoms with Crippen LogP contribution in [0.1, 0.15) is 24.4 Å². The lowest BCUT2D eigenvalue weighted by Crippen LogP contribution is -2.30. The van der Waals surface area contributed by atoms with Gasteiger partial charge in [0.05, 0.1) is 6.04 Å². The van der Waals surface area contributed by atoms with Gasteiger partial charge in [-0.15, -0.1) is 0 Å². The average Bonchev–Trinajstić information content (AvgIpc) is 2.99. The van der Waals surface area contributed by atoms with Gasteiger partial charge in [-0.1, -0.05) is 6.07 Å². The molecule has 0 radical (unpaired) electrons. The topological polar surface area (TPSA) is 89.2 Å². The molecule has 0 aliphatic carbocycles. The first kappa shape index (κ1) is 14.0. The van der Waals surface area contributed by atoms with E-state index in [1.165, 1.54) is 22.6 Å². The second-order valence-corrected chi connectivity index (χ2v) is 6.87. The number of sulfonamides is 1. The summed E-state index contributed by atoms with van der Waals surface area (Å²) in [5.41, 5.74) is 6.43. The fraction of sp³-hybridized carbons (Fsp3) is 0.286. The van der Waals surface area contributed by atoms with Crippen molar-refractivity contribution in [1.29, 1.82) is 0 Å². The molecule has 7 heteroatoms.